The van der Waals surface area contributed by atoms with Gasteiger partial charge in [0.05, 0.1) is 11.0 Å². The third-order valence-electron chi connectivity index (χ3n) is 13.7. The minimum atomic E-state index is 0.578. The van der Waals surface area contributed by atoms with Gasteiger partial charge in [0.25, 0.3) is 0 Å². The maximum absolute atomic E-state index is 6.53. The molecule has 0 atom stereocenters. The lowest BCUT2D eigenvalue weighted by Crippen LogP contribution is -2.02. The highest BCUT2D eigenvalue weighted by Gasteiger charge is 2.21. The fourth-order valence-corrected chi connectivity index (χ4v) is 10.3. The molecule has 0 unspecified atom stereocenters. The molecule has 1 aliphatic rings. The first kappa shape index (κ1) is 39.7. The normalized spacial score (nSPS) is 12.8. The zero-order valence-corrected chi connectivity index (χ0v) is 37.8. The van der Waals surface area contributed by atoms with Crippen molar-refractivity contribution in [3.63, 3.8) is 0 Å². The van der Waals surface area contributed by atoms with E-state index in [1.165, 1.54) is 21.9 Å². The van der Waals surface area contributed by atoms with Crippen LogP contribution in [0.3, 0.4) is 0 Å². The van der Waals surface area contributed by atoms with Crippen molar-refractivity contribution in [2.45, 2.75) is 6.42 Å². The number of nitrogens with zero attached hydrogens (tertiary/aromatic N) is 4. The molecule has 6 nitrogen and oxygen atoms in total. The second kappa shape index (κ2) is 16.1. The molecular weight excluding hydrogens is 857 g/mol. The van der Waals surface area contributed by atoms with Gasteiger partial charge in [0, 0.05) is 65.8 Å². The van der Waals surface area contributed by atoms with E-state index < -0.39 is 0 Å². The Labute approximate surface area is 402 Å². The highest BCUT2D eigenvalue weighted by atomic mass is 16.3. The lowest BCUT2D eigenvalue weighted by atomic mass is 9.96. The minimum Gasteiger partial charge on any atom is -0.456 e. The van der Waals surface area contributed by atoms with Gasteiger partial charge in [-0.05, 0) is 95.4 Å². The van der Waals surface area contributed by atoms with Crippen molar-refractivity contribution in [2.75, 3.05) is 0 Å². The highest BCUT2D eigenvalue weighted by molar-refractivity contribution is 6.15. The van der Waals surface area contributed by atoms with E-state index in [9.17, 15) is 0 Å². The van der Waals surface area contributed by atoms with Gasteiger partial charge >= 0.3 is 0 Å². The fraction of sp³-hybridized carbons (Fsp3) is 0.0156. The standard InChI is InChI=1S/C64H40N4O2/c1-2-5-18-41(17-4-1)62-65-63(67-64(66-62)46-31-35-52-50-21-8-10-27-57(50)69-59(52)39-46)42-29-33-47(34-30-42)68-56-36-32-43(40-15-6-3-7-16-40)38-55(56)53-25-13-23-48(60(53)68)44-19-12-20-45(37-44)49-24-14-26-54-51-22-9-11-28-58(51)70-61(49)54/h1,3-39H,2H2. The lowest BCUT2D eigenvalue weighted by molar-refractivity contribution is 0.669. The number of aromatic nitrogens is 4. The van der Waals surface area contributed by atoms with Crippen LogP contribution in [0.2, 0.25) is 0 Å². The van der Waals surface area contributed by atoms with Crippen LogP contribution in [0.25, 0.3) is 133 Å². The molecular formula is C64H40N4O2. The molecule has 9 aromatic carbocycles. The van der Waals surface area contributed by atoms with Crippen molar-refractivity contribution in [2.24, 2.45) is 0 Å². The molecule has 1 aliphatic carbocycles. The van der Waals surface area contributed by atoms with Gasteiger partial charge in [0.1, 0.15) is 22.3 Å². The van der Waals surface area contributed by atoms with E-state index in [-0.39, 0.29) is 0 Å². The van der Waals surface area contributed by atoms with Gasteiger partial charge in [-0.3, -0.25) is 0 Å². The van der Waals surface area contributed by atoms with Gasteiger partial charge in [-0.1, -0.05) is 164 Å². The van der Waals surface area contributed by atoms with E-state index in [1.807, 2.05) is 36.4 Å². The number of rotatable bonds is 7. The van der Waals surface area contributed by atoms with Crippen LogP contribution in [0.4, 0.5) is 0 Å². The quantitative estimate of drug-likeness (QED) is 0.159. The van der Waals surface area contributed by atoms with Crippen molar-refractivity contribution in [1.29, 1.82) is 0 Å². The molecule has 0 aliphatic heterocycles. The summed E-state index contributed by atoms with van der Waals surface area (Å²) in [6.45, 7) is 0. The summed E-state index contributed by atoms with van der Waals surface area (Å²) in [4.78, 5) is 15.4. The summed E-state index contributed by atoms with van der Waals surface area (Å²) in [5.41, 5.74) is 16.1. The molecule has 0 saturated carbocycles. The van der Waals surface area contributed by atoms with Gasteiger partial charge in [-0.25, -0.2) is 15.0 Å². The third-order valence-corrected chi connectivity index (χ3v) is 13.7. The first-order valence-corrected chi connectivity index (χ1v) is 23.6. The maximum atomic E-state index is 6.53. The fourth-order valence-electron chi connectivity index (χ4n) is 10.3. The van der Waals surface area contributed by atoms with Crippen LogP contribution in [0.5, 0.6) is 0 Å². The second-order valence-corrected chi connectivity index (χ2v) is 17.8. The number of hydrogen-bond acceptors (Lipinski definition) is 5. The predicted octanol–water partition coefficient (Wildman–Crippen LogP) is 17.0. The first-order chi connectivity index (χ1) is 34.7. The molecule has 0 bridgehead atoms. The maximum Gasteiger partial charge on any atom is 0.164 e. The summed E-state index contributed by atoms with van der Waals surface area (Å²) in [6, 6.07) is 70.6. The number of benzene rings is 9. The Morgan fingerprint density at radius 3 is 1.86 bits per heavy atom. The smallest absolute Gasteiger partial charge is 0.164 e. The summed E-state index contributed by atoms with van der Waals surface area (Å²) in [7, 11) is 0. The van der Waals surface area contributed by atoms with Gasteiger partial charge in [-0.2, -0.15) is 0 Å². The molecule has 70 heavy (non-hydrogen) atoms. The van der Waals surface area contributed by atoms with E-state index in [0.29, 0.717) is 17.5 Å². The monoisotopic (exact) mass is 896 g/mol. The number of hydrogen-bond donors (Lipinski definition) is 0. The largest absolute Gasteiger partial charge is 0.456 e. The van der Waals surface area contributed by atoms with Gasteiger partial charge in [-0.15, -0.1) is 0 Å². The summed E-state index contributed by atoms with van der Waals surface area (Å²) in [5, 5.41) is 6.72. The topological polar surface area (TPSA) is 69.9 Å². The van der Waals surface area contributed by atoms with Crippen LogP contribution in [0.1, 0.15) is 12.2 Å². The Bertz CT molecular complexity index is 4320. The molecule has 0 N–H and O–H groups in total. The lowest BCUT2D eigenvalue weighted by Gasteiger charge is -2.14. The predicted molar refractivity (Wildman–Crippen MR) is 287 cm³/mol. The SMILES string of the molecule is C1=CCC=CC(c2nc(-c3ccc(-n4c5ccc(-c6ccccc6)cc5c5cccc(-c6cccc(-c7cccc8c7oc7ccccc78)c6)c54)cc3)nc(-c3ccc4c(c3)oc3ccccc34)n2)=C1. The molecule has 6 heteroatoms. The third kappa shape index (κ3) is 6.61. The van der Waals surface area contributed by atoms with Gasteiger partial charge in [0.2, 0.25) is 0 Å². The zero-order valence-electron chi connectivity index (χ0n) is 37.8. The van der Waals surface area contributed by atoms with Crippen molar-refractivity contribution >= 4 is 71.3 Å². The number of para-hydroxylation sites is 4. The van der Waals surface area contributed by atoms with E-state index in [2.05, 4.69) is 199 Å². The summed E-state index contributed by atoms with van der Waals surface area (Å²) < 4.78 is 15.2. The van der Waals surface area contributed by atoms with Crippen molar-refractivity contribution in [3.05, 3.63) is 236 Å². The highest BCUT2D eigenvalue weighted by Crippen LogP contribution is 2.42. The zero-order chi connectivity index (χ0) is 46.1. The Balaban J connectivity index is 0.926. The average molecular weight is 897 g/mol. The van der Waals surface area contributed by atoms with Crippen LogP contribution < -0.4 is 0 Å². The first-order valence-electron chi connectivity index (χ1n) is 23.6. The van der Waals surface area contributed by atoms with Crippen molar-refractivity contribution in [1.82, 2.24) is 19.5 Å². The summed E-state index contributed by atoms with van der Waals surface area (Å²) in [6.07, 6.45) is 11.3. The number of fused-ring (bicyclic) bond motifs is 9. The molecule has 14 rings (SSSR count). The van der Waals surface area contributed by atoms with Crippen LogP contribution in [0, 0.1) is 0 Å². The molecule has 0 fully saturated rings. The molecule has 328 valence electrons. The van der Waals surface area contributed by atoms with E-state index >= 15 is 0 Å². The van der Waals surface area contributed by atoms with E-state index in [1.54, 1.807) is 0 Å². The Hall–Kier alpha value is -9.39. The number of furan rings is 2. The average Bonchev–Trinajstić information content (AvgIpc) is 4.02. The van der Waals surface area contributed by atoms with Gasteiger partial charge in [0.15, 0.2) is 17.5 Å². The Kier molecular flexibility index (Phi) is 9.17. The summed E-state index contributed by atoms with van der Waals surface area (Å²) >= 11 is 0. The van der Waals surface area contributed by atoms with Crippen molar-refractivity contribution < 1.29 is 8.83 Å². The van der Waals surface area contributed by atoms with E-state index in [4.69, 9.17) is 23.8 Å². The molecule has 13 aromatic rings. The van der Waals surface area contributed by atoms with Gasteiger partial charge < -0.3 is 13.4 Å². The molecule has 0 saturated heterocycles. The van der Waals surface area contributed by atoms with Crippen LogP contribution in [-0.4, -0.2) is 19.5 Å². The molecule has 4 aromatic heterocycles. The number of allylic oxidation sites excluding steroid dienone is 6. The second-order valence-electron chi connectivity index (χ2n) is 17.8. The summed E-state index contributed by atoms with van der Waals surface area (Å²) in [5.74, 6) is 1.77. The van der Waals surface area contributed by atoms with Crippen molar-refractivity contribution in [3.8, 4) is 61.8 Å². The molecule has 0 amide bonds. The van der Waals surface area contributed by atoms with E-state index in [0.717, 1.165) is 106 Å². The van der Waals surface area contributed by atoms with Crippen LogP contribution in [0.15, 0.2) is 239 Å². The molecule has 0 spiro atoms. The minimum absolute atomic E-state index is 0.578. The van der Waals surface area contributed by atoms with Crippen LogP contribution >= 0.6 is 0 Å². The van der Waals surface area contributed by atoms with Crippen LogP contribution in [-0.2, 0) is 0 Å². The Morgan fingerprint density at radius 2 is 1.01 bits per heavy atom. The molecule has 4 heterocycles. The molecule has 0 radical (unpaired) electrons. The Morgan fingerprint density at radius 1 is 0.386 bits per heavy atom.